The fraction of sp³-hybridized carbons (Fsp3) is 1.00. The molecule has 1 rings (SSSR count). The molecule has 0 aromatic rings. The molecular formula is C11H24N2. The van der Waals surface area contributed by atoms with Gasteiger partial charge in [-0.2, -0.15) is 0 Å². The zero-order valence-corrected chi connectivity index (χ0v) is 9.13. The molecule has 1 heterocycles. The first-order chi connectivity index (χ1) is 6.20. The van der Waals surface area contributed by atoms with Crippen molar-refractivity contribution in [1.29, 1.82) is 0 Å². The first-order valence-electron chi connectivity index (χ1n) is 5.70. The molecule has 0 spiro atoms. The molecule has 2 nitrogen and oxygen atoms in total. The van der Waals surface area contributed by atoms with Crippen LogP contribution in [0.4, 0.5) is 0 Å². The van der Waals surface area contributed by atoms with Gasteiger partial charge in [0.05, 0.1) is 0 Å². The van der Waals surface area contributed by atoms with Crippen LogP contribution in [0.1, 0.15) is 46.0 Å². The van der Waals surface area contributed by atoms with E-state index in [4.69, 9.17) is 5.73 Å². The van der Waals surface area contributed by atoms with Crippen LogP contribution in [0.3, 0.4) is 0 Å². The van der Waals surface area contributed by atoms with E-state index in [1.54, 1.807) is 0 Å². The maximum absolute atomic E-state index is 5.70. The second-order valence-corrected chi connectivity index (χ2v) is 4.50. The van der Waals surface area contributed by atoms with Gasteiger partial charge in [-0.25, -0.2) is 0 Å². The lowest BCUT2D eigenvalue weighted by atomic mass is 10.1. The second kappa shape index (κ2) is 5.61. The summed E-state index contributed by atoms with van der Waals surface area (Å²) in [5, 5.41) is 0. The standard InChI is InChI=1S/C11H24N2/c1-10(12)6-3-4-8-13-9-5-7-11(13)2/h10-11H,3-9,12H2,1-2H3. The summed E-state index contributed by atoms with van der Waals surface area (Å²) in [4.78, 5) is 2.61. The number of rotatable bonds is 5. The highest BCUT2D eigenvalue weighted by atomic mass is 15.2. The Morgan fingerprint density at radius 2 is 2.23 bits per heavy atom. The molecule has 1 saturated heterocycles. The summed E-state index contributed by atoms with van der Waals surface area (Å²) >= 11 is 0. The number of nitrogens with zero attached hydrogens (tertiary/aromatic N) is 1. The van der Waals surface area contributed by atoms with Crippen LogP contribution in [0.5, 0.6) is 0 Å². The minimum absolute atomic E-state index is 0.385. The maximum atomic E-state index is 5.70. The minimum Gasteiger partial charge on any atom is -0.328 e. The maximum Gasteiger partial charge on any atom is 0.00674 e. The zero-order valence-electron chi connectivity index (χ0n) is 9.13. The van der Waals surface area contributed by atoms with Crippen LogP contribution in [0.2, 0.25) is 0 Å². The van der Waals surface area contributed by atoms with E-state index >= 15 is 0 Å². The van der Waals surface area contributed by atoms with Crippen molar-refractivity contribution >= 4 is 0 Å². The molecule has 1 fully saturated rings. The summed E-state index contributed by atoms with van der Waals surface area (Å²) in [6, 6.07) is 1.21. The van der Waals surface area contributed by atoms with E-state index in [0.29, 0.717) is 6.04 Å². The topological polar surface area (TPSA) is 29.3 Å². The van der Waals surface area contributed by atoms with Gasteiger partial charge in [0.25, 0.3) is 0 Å². The average Bonchev–Trinajstić information content (AvgIpc) is 2.45. The predicted molar refractivity (Wildman–Crippen MR) is 57.8 cm³/mol. The van der Waals surface area contributed by atoms with Crippen LogP contribution in [-0.4, -0.2) is 30.1 Å². The van der Waals surface area contributed by atoms with Gasteiger partial charge in [-0.15, -0.1) is 0 Å². The van der Waals surface area contributed by atoms with E-state index in [0.717, 1.165) is 6.04 Å². The van der Waals surface area contributed by atoms with Gasteiger partial charge in [0, 0.05) is 12.1 Å². The van der Waals surface area contributed by atoms with Gasteiger partial charge in [0.2, 0.25) is 0 Å². The molecule has 2 heteroatoms. The van der Waals surface area contributed by atoms with Gasteiger partial charge in [-0.05, 0) is 52.6 Å². The summed E-state index contributed by atoms with van der Waals surface area (Å²) in [7, 11) is 0. The highest BCUT2D eigenvalue weighted by Crippen LogP contribution is 2.16. The number of unbranched alkanes of at least 4 members (excludes halogenated alkanes) is 1. The van der Waals surface area contributed by atoms with Crippen molar-refractivity contribution in [2.24, 2.45) is 5.73 Å². The Morgan fingerprint density at radius 1 is 1.46 bits per heavy atom. The second-order valence-electron chi connectivity index (χ2n) is 4.50. The molecule has 0 radical (unpaired) electrons. The van der Waals surface area contributed by atoms with E-state index in [2.05, 4.69) is 18.7 Å². The van der Waals surface area contributed by atoms with E-state index in [1.165, 1.54) is 45.2 Å². The van der Waals surface area contributed by atoms with Crippen LogP contribution in [0, 0.1) is 0 Å². The normalized spacial score (nSPS) is 26.5. The Bertz CT molecular complexity index is 134. The molecule has 0 bridgehead atoms. The third kappa shape index (κ3) is 4.10. The highest BCUT2D eigenvalue weighted by molar-refractivity contribution is 4.74. The van der Waals surface area contributed by atoms with Gasteiger partial charge in [0.15, 0.2) is 0 Å². The quantitative estimate of drug-likeness (QED) is 0.662. The number of likely N-dealkylation sites (tertiary alicyclic amines) is 1. The van der Waals surface area contributed by atoms with Gasteiger partial charge >= 0.3 is 0 Å². The molecule has 2 unspecified atom stereocenters. The largest absolute Gasteiger partial charge is 0.328 e. The molecule has 13 heavy (non-hydrogen) atoms. The molecule has 0 aromatic heterocycles. The molecule has 0 aliphatic carbocycles. The Balaban J connectivity index is 1.99. The zero-order chi connectivity index (χ0) is 9.68. The molecule has 0 amide bonds. The monoisotopic (exact) mass is 184 g/mol. The smallest absolute Gasteiger partial charge is 0.00674 e. The molecule has 0 aromatic carbocycles. The van der Waals surface area contributed by atoms with Crippen LogP contribution in [-0.2, 0) is 0 Å². The van der Waals surface area contributed by atoms with Gasteiger partial charge in [0.1, 0.15) is 0 Å². The lowest BCUT2D eigenvalue weighted by Crippen LogP contribution is -2.28. The van der Waals surface area contributed by atoms with E-state index in [9.17, 15) is 0 Å². The molecule has 0 saturated carbocycles. The molecule has 2 atom stereocenters. The molecule has 1 aliphatic heterocycles. The Labute approximate surface area is 82.5 Å². The van der Waals surface area contributed by atoms with E-state index in [-0.39, 0.29) is 0 Å². The van der Waals surface area contributed by atoms with Crippen molar-refractivity contribution in [3.05, 3.63) is 0 Å². The molecule has 78 valence electrons. The number of hydrogen-bond acceptors (Lipinski definition) is 2. The van der Waals surface area contributed by atoms with Gasteiger partial charge in [-0.3, -0.25) is 0 Å². The van der Waals surface area contributed by atoms with Crippen molar-refractivity contribution in [1.82, 2.24) is 4.90 Å². The first kappa shape index (κ1) is 11.0. The molecule has 2 N–H and O–H groups in total. The number of nitrogens with two attached hydrogens (primary N) is 1. The van der Waals surface area contributed by atoms with Crippen LogP contribution >= 0.6 is 0 Å². The lowest BCUT2D eigenvalue weighted by molar-refractivity contribution is 0.261. The van der Waals surface area contributed by atoms with E-state index in [1.807, 2.05) is 0 Å². The summed E-state index contributed by atoms with van der Waals surface area (Å²) in [6.45, 7) is 7.05. The third-order valence-corrected chi connectivity index (χ3v) is 3.05. The van der Waals surface area contributed by atoms with Crippen LogP contribution in [0.15, 0.2) is 0 Å². The van der Waals surface area contributed by atoms with Crippen LogP contribution < -0.4 is 5.73 Å². The van der Waals surface area contributed by atoms with Crippen molar-refractivity contribution < 1.29 is 0 Å². The SMILES string of the molecule is CC(N)CCCCN1CCCC1C. The van der Waals surface area contributed by atoms with Gasteiger partial charge < -0.3 is 10.6 Å². The highest BCUT2D eigenvalue weighted by Gasteiger charge is 2.18. The van der Waals surface area contributed by atoms with Crippen molar-refractivity contribution in [3.63, 3.8) is 0 Å². The Hall–Kier alpha value is -0.0800. The van der Waals surface area contributed by atoms with E-state index < -0.39 is 0 Å². The minimum atomic E-state index is 0.385. The van der Waals surface area contributed by atoms with Crippen LogP contribution in [0.25, 0.3) is 0 Å². The summed E-state index contributed by atoms with van der Waals surface area (Å²) in [6.07, 6.45) is 6.59. The summed E-state index contributed by atoms with van der Waals surface area (Å²) < 4.78 is 0. The lowest BCUT2D eigenvalue weighted by Gasteiger charge is -2.20. The number of hydrogen-bond donors (Lipinski definition) is 1. The summed E-state index contributed by atoms with van der Waals surface area (Å²) in [5.74, 6) is 0. The Kier molecular flexibility index (Phi) is 4.74. The fourth-order valence-corrected chi connectivity index (χ4v) is 2.11. The molecule has 1 aliphatic rings. The average molecular weight is 184 g/mol. The van der Waals surface area contributed by atoms with Gasteiger partial charge in [-0.1, -0.05) is 6.42 Å². The van der Waals surface area contributed by atoms with Crippen molar-refractivity contribution in [2.75, 3.05) is 13.1 Å². The molecular weight excluding hydrogens is 160 g/mol. The summed E-state index contributed by atoms with van der Waals surface area (Å²) in [5.41, 5.74) is 5.70. The fourth-order valence-electron chi connectivity index (χ4n) is 2.11. The third-order valence-electron chi connectivity index (χ3n) is 3.05. The predicted octanol–water partition coefficient (Wildman–Crippen LogP) is 1.99. The van der Waals surface area contributed by atoms with Crippen molar-refractivity contribution in [2.45, 2.75) is 58.0 Å². The Morgan fingerprint density at radius 3 is 2.77 bits per heavy atom. The van der Waals surface area contributed by atoms with Crippen molar-refractivity contribution in [3.8, 4) is 0 Å². The first-order valence-corrected chi connectivity index (χ1v) is 5.70.